The fraction of sp³-hybridized carbons (Fsp3) is 0.333. The van der Waals surface area contributed by atoms with Crippen molar-refractivity contribution in [3.8, 4) is 11.4 Å². The third kappa shape index (κ3) is 4.18. The molecule has 0 saturated heterocycles. The Morgan fingerprint density at radius 3 is 2.67 bits per heavy atom. The number of methoxy groups -OCH3 is 1. The summed E-state index contributed by atoms with van der Waals surface area (Å²) >= 11 is 6.51. The second-order valence-electron chi connectivity index (χ2n) is 9.04. The number of amides is 1. The second kappa shape index (κ2) is 8.51. The van der Waals surface area contributed by atoms with Gasteiger partial charge in [-0.15, -0.1) is 0 Å². The average Bonchev–Trinajstić information content (AvgIpc) is 3.39. The third-order valence-corrected chi connectivity index (χ3v) is 6.16. The van der Waals surface area contributed by atoms with Crippen LogP contribution in [-0.4, -0.2) is 45.8 Å². The fourth-order valence-corrected chi connectivity index (χ4v) is 4.29. The van der Waals surface area contributed by atoms with Crippen molar-refractivity contribution in [2.45, 2.75) is 33.2 Å². The summed E-state index contributed by atoms with van der Waals surface area (Å²) in [4.78, 5) is 29.6. The van der Waals surface area contributed by atoms with Crippen LogP contribution < -0.4 is 5.32 Å². The highest BCUT2D eigenvalue weighted by atomic mass is 35.5. The van der Waals surface area contributed by atoms with E-state index in [0.717, 1.165) is 22.0 Å². The van der Waals surface area contributed by atoms with Gasteiger partial charge in [0.2, 0.25) is 0 Å². The number of fused-ring (bicyclic) bond motifs is 2. The highest BCUT2D eigenvalue weighted by Crippen LogP contribution is 2.41. The number of benzene rings is 2. The number of imidazole rings is 1. The molecule has 0 saturated carbocycles. The summed E-state index contributed by atoms with van der Waals surface area (Å²) in [6, 6.07) is 9.04. The summed E-state index contributed by atoms with van der Waals surface area (Å²) in [5.41, 5.74) is 3.08. The maximum absolute atomic E-state index is 12.4. The van der Waals surface area contributed by atoms with Crippen LogP contribution in [0.1, 0.15) is 43.6 Å². The number of rotatable bonds is 5. The van der Waals surface area contributed by atoms with E-state index in [0.29, 0.717) is 21.9 Å². The van der Waals surface area contributed by atoms with E-state index in [2.05, 4.69) is 36.3 Å². The van der Waals surface area contributed by atoms with Gasteiger partial charge in [-0.1, -0.05) is 44.5 Å². The van der Waals surface area contributed by atoms with Gasteiger partial charge >= 0.3 is 5.97 Å². The molecule has 0 radical (unpaired) electrons. The van der Waals surface area contributed by atoms with Crippen LogP contribution in [0.4, 0.5) is 0 Å². The molecule has 0 bridgehead atoms. The Morgan fingerprint density at radius 2 is 2.00 bits per heavy atom. The van der Waals surface area contributed by atoms with Gasteiger partial charge in [0.25, 0.3) is 5.91 Å². The molecule has 0 aliphatic rings. The first-order valence-electron chi connectivity index (χ1n) is 10.6. The lowest BCUT2D eigenvalue weighted by Crippen LogP contribution is -2.28. The van der Waals surface area contributed by atoms with Crippen molar-refractivity contribution in [2.24, 2.45) is 5.41 Å². The number of hydrogen-bond donors (Lipinski definition) is 2. The van der Waals surface area contributed by atoms with Crippen molar-refractivity contribution < 1.29 is 14.3 Å². The molecule has 2 aromatic heterocycles. The van der Waals surface area contributed by atoms with E-state index in [1.807, 2.05) is 22.8 Å². The molecule has 2 N–H and O–H groups in total. The molecule has 1 atom stereocenters. The standard InChI is InChI=1S/C24H26ClN5O3/c1-24(2,3)20(11-21(31)33-5)30-19-10-16(25)15(23(32)26-4)9-18(19)28-22(30)13-6-7-14-12-27-29-17(14)8-13/h6-10,12,20H,11H2,1-5H3,(H,26,32)(H,27,29). The zero-order valence-electron chi connectivity index (χ0n) is 19.2. The van der Waals surface area contributed by atoms with E-state index < -0.39 is 0 Å². The Hall–Kier alpha value is -3.39. The monoisotopic (exact) mass is 467 g/mol. The minimum Gasteiger partial charge on any atom is -0.469 e. The van der Waals surface area contributed by atoms with Crippen LogP contribution >= 0.6 is 11.6 Å². The van der Waals surface area contributed by atoms with Crippen molar-refractivity contribution in [3.63, 3.8) is 0 Å². The molecule has 1 amide bonds. The molecule has 8 nitrogen and oxygen atoms in total. The molecule has 172 valence electrons. The van der Waals surface area contributed by atoms with Crippen LogP contribution in [0.25, 0.3) is 33.3 Å². The quantitative estimate of drug-likeness (QED) is 0.412. The predicted octanol–water partition coefficient (Wildman–Crippen LogP) is 4.74. The first-order valence-corrected chi connectivity index (χ1v) is 11.0. The number of nitrogens with zero attached hydrogens (tertiary/aromatic N) is 3. The molecular formula is C24H26ClN5O3. The van der Waals surface area contributed by atoms with E-state index in [-0.39, 0.29) is 29.8 Å². The molecule has 4 rings (SSSR count). The minimum absolute atomic E-state index is 0.152. The van der Waals surface area contributed by atoms with E-state index in [1.54, 1.807) is 25.4 Å². The molecule has 4 aromatic rings. The van der Waals surface area contributed by atoms with E-state index in [4.69, 9.17) is 21.3 Å². The van der Waals surface area contributed by atoms with Crippen LogP contribution in [0.2, 0.25) is 5.02 Å². The maximum atomic E-state index is 12.4. The van der Waals surface area contributed by atoms with Crippen molar-refractivity contribution in [1.82, 2.24) is 25.1 Å². The Morgan fingerprint density at radius 1 is 1.24 bits per heavy atom. The second-order valence-corrected chi connectivity index (χ2v) is 9.45. The Balaban J connectivity index is 2.03. The number of aromatic nitrogens is 4. The molecule has 2 heterocycles. The lowest BCUT2D eigenvalue weighted by Gasteiger charge is -2.33. The van der Waals surface area contributed by atoms with Crippen LogP contribution in [0.15, 0.2) is 36.5 Å². The zero-order chi connectivity index (χ0) is 23.9. The van der Waals surface area contributed by atoms with Gasteiger partial charge in [0.15, 0.2) is 0 Å². The number of aromatic amines is 1. The number of H-pyrrole nitrogens is 1. The number of carbonyl (C=O) groups is 2. The topological polar surface area (TPSA) is 102 Å². The van der Waals surface area contributed by atoms with E-state index in [9.17, 15) is 9.59 Å². The molecular weight excluding hydrogens is 442 g/mol. The van der Waals surface area contributed by atoms with Gasteiger partial charge in [-0.05, 0) is 23.6 Å². The Bertz CT molecular complexity index is 1370. The van der Waals surface area contributed by atoms with E-state index in [1.165, 1.54) is 7.11 Å². The minimum atomic E-state index is -0.320. The molecule has 2 aromatic carbocycles. The summed E-state index contributed by atoms with van der Waals surface area (Å²) in [5, 5.41) is 11.0. The van der Waals surface area contributed by atoms with Crippen LogP contribution in [0.5, 0.6) is 0 Å². The molecule has 1 unspecified atom stereocenters. The predicted molar refractivity (Wildman–Crippen MR) is 128 cm³/mol. The molecule has 9 heteroatoms. The first-order chi connectivity index (χ1) is 15.6. The highest BCUT2D eigenvalue weighted by molar-refractivity contribution is 6.34. The number of carbonyl (C=O) groups excluding carboxylic acids is 2. The van der Waals surface area contributed by atoms with Crippen LogP contribution in [0.3, 0.4) is 0 Å². The van der Waals surface area contributed by atoms with Gasteiger partial charge < -0.3 is 14.6 Å². The highest BCUT2D eigenvalue weighted by Gasteiger charge is 2.33. The first kappa shape index (κ1) is 22.8. The molecule has 0 spiro atoms. The van der Waals surface area contributed by atoms with Gasteiger partial charge in [-0.25, -0.2) is 4.98 Å². The number of ether oxygens (including phenoxy) is 1. The zero-order valence-corrected chi connectivity index (χ0v) is 19.9. The van der Waals surface area contributed by atoms with Gasteiger partial charge in [0.05, 0.1) is 52.9 Å². The summed E-state index contributed by atoms with van der Waals surface area (Å²) in [5.74, 6) is 0.0501. The van der Waals surface area contributed by atoms with Gasteiger partial charge in [0, 0.05) is 18.0 Å². The molecule has 33 heavy (non-hydrogen) atoms. The normalized spacial score (nSPS) is 12.8. The summed E-state index contributed by atoms with van der Waals surface area (Å²) in [7, 11) is 2.94. The largest absolute Gasteiger partial charge is 0.469 e. The smallest absolute Gasteiger partial charge is 0.307 e. The van der Waals surface area contributed by atoms with Crippen molar-refractivity contribution in [1.29, 1.82) is 0 Å². The average molecular weight is 468 g/mol. The number of esters is 1. The van der Waals surface area contributed by atoms with Gasteiger partial charge in [-0.2, -0.15) is 5.10 Å². The van der Waals surface area contributed by atoms with Gasteiger partial charge in [-0.3, -0.25) is 14.7 Å². The SMILES string of the molecule is CNC(=O)c1cc2nc(-c3ccc4cn[nH]c4c3)n(C(CC(=O)OC)C(C)(C)C)c2cc1Cl. The van der Waals surface area contributed by atoms with Crippen LogP contribution in [0, 0.1) is 5.41 Å². The Labute approximate surface area is 196 Å². The van der Waals surface area contributed by atoms with Crippen molar-refractivity contribution in [3.05, 3.63) is 47.1 Å². The Kier molecular flexibility index (Phi) is 5.88. The third-order valence-electron chi connectivity index (χ3n) is 5.85. The summed E-state index contributed by atoms with van der Waals surface area (Å²) in [6.07, 6.45) is 1.91. The maximum Gasteiger partial charge on any atom is 0.307 e. The van der Waals surface area contributed by atoms with Crippen molar-refractivity contribution >= 4 is 45.4 Å². The molecule has 0 aliphatic heterocycles. The van der Waals surface area contributed by atoms with Crippen LogP contribution in [-0.2, 0) is 9.53 Å². The van der Waals surface area contributed by atoms with Gasteiger partial charge in [0.1, 0.15) is 5.82 Å². The molecule has 0 aliphatic carbocycles. The molecule has 0 fully saturated rings. The summed E-state index contributed by atoms with van der Waals surface area (Å²) < 4.78 is 7.03. The number of halogens is 1. The van der Waals surface area contributed by atoms with Crippen molar-refractivity contribution in [2.75, 3.05) is 14.2 Å². The lowest BCUT2D eigenvalue weighted by atomic mass is 9.84. The fourth-order valence-electron chi connectivity index (χ4n) is 4.05. The number of hydrogen-bond acceptors (Lipinski definition) is 5. The number of nitrogens with one attached hydrogen (secondary N) is 2. The summed E-state index contributed by atoms with van der Waals surface area (Å²) in [6.45, 7) is 6.19. The lowest BCUT2D eigenvalue weighted by molar-refractivity contribution is -0.142. The van der Waals surface area contributed by atoms with E-state index >= 15 is 0 Å².